The molecule has 0 saturated carbocycles. The molecule has 2 aliphatic heterocycles. The minimum absolute atomic E-state index is 0.165. The highest BCUT2D eigenvalue weighted by atomic mass is 32.2. The molecule has 2 heterocycles. The third-order valence-electron chi connectivity index (χ3n) is 16.1. The molecule has 0 unspecified atom stereocenters. The van der Waals surface area contributed by atoms with Crippen LogP contribution >= 0.6 is 0 Å². The number of aryl methyl sites for hydroxylation is 4. The van der Waals surface area contributed by atoms with Crippen LogP contribution in [0.1, 0.15) is 59.1 Å². The number of rotatable bonds is 15. The summed E-state index contributed by atoms with van der Waals surface area (Å²) in [6.45, 7) is 14.8. The van der Waals surface area contributed by atoms with E-state index in [0.29, 0.717) is 117 Å². The van der Waals surface area contributed by atoms with Gasteiger partial charge in [0.15, 0.2) is 0 Å². The molecule has 0 amide bonds. The summed E-state index contributed by atoms with van der Waals surface area (Å²) in [7, 11) is -15.8. The molecule has 0 radical (unpaired) electrons. The maximum Gasteiger partial charge on any atom is 0.243 e. The average molecular weight is 1220 g/mol. The van der Waals surface area contributed by atoms with Crippen molar-refractivity contribution in [2.75, 3.05) is 118 Å². The van der Waals surface area contributed by atoms with E-state index in [9.17, 15) is 33.7 Å². The fourth-order valence-electron chi connectivity index (χ4n) is 10.8. The zero-order chi connectivity index (χ0) is 59.7. The summed E-state index contributed by atoms with van der Waals surface area (Å²) in [6.07, 6.45) is 2.38. The Morgan fingerprint density at radius 1 is 0.262 bits per heavy atom. The maximum atomic E-state index is 14.8. The van der Waals surface area contributed by atoms with E-state index in [0.717, 1.165) is 33.4 Å². The van der Waals surface area contributed by atoms with Gasteiger partial charge in [-0.05, 0) is 126 Å². The van der Waals surface area contributed by atoms with Gasteiger partial charge in [0.25, 0.3) is 0 Å². The Balaban J connectivity index is 1.09. The quantitative estimate of drug-likeness (QED) is 0.0971. The SMILES string of the molecule is Cc1ccc(S(=O)(=O)N2CCCCN(CCN3CCCCN(S(=O)(=O)c4ccc(C)cc4)CCN(Cc4ccccc4)CCN(S(=O)(=O)c4ccc(C)cc4)CC3)CCN(S(=O)(=O)c3ccc(C)cc3)CCN(Cc3ccccc3)CC2)cc1. The van der Waals surface area contributed by atoms with E-state index in [1.807, 2.05) is 137 Å². The van der Waals surface area contributed by atoms with Gasteiger partial charge in [-0.25, -0.2) is 33.7 Å². The van der Waals surface area contributed by atoms with Gasteiger partial charge in [0.05, 0.1) is 19.6 Å². The normalized spacial score (nSPS) is 18.7. The first-order chi connectivity index (χ1) is 40.3. The Hall–Kier alpha value is -5.20. The van der Waals surface area contributed by atoms with Gasteiger partial charge in [-0.2, -0.15) is 17.2 Å². The Morgan fingerprint density at radius 3 is 0.750 bits per heavy atom. The first-order valence-corrected chi connectivity index (χ1v) is 35.3. The van der Waals surface area contributed by atoms with E-state index in [1.54, 1.807) is 65.8 Å². The maximum absolute atomic E-state index is 14.8. The van der Waals surface area contributed by atoms with Crippen molar-refractivity contribution in [1.29, 1.82) is 0 Å². The van der Waals surface area contributed by atoms with Crippen LogP contribution in [-0.2, 0) is 53.2 Å². The van der Waals surface area contributed by atoms with Crippen LogP contribution in [0.25, 0.3) is 0 Å². The molecule has 0 atom stereocenters. The summed E-state index contributed by atoms with van der Waals surface area (Å²) in [5.74, 6) is 0. The lowest BCUT2D eigenvalue weighted by Gasteiger charge is -2.34. The highest BCUT2D eigenvalue weighted by molar-refractivity contribution is 7.90. The Kier molecular flexibility index (Phi) is 23.5. The van der Waals surface area contributed by atoms with Gasteiger partial charge >= 0.3 is 0 Å². The van der Waals surface area contributed by atoms with Crippen molar-refractivity contribution in [3.63, 3.8) is 0 Å². The van der Waals surface area contributed by atoms with Crippen LogP contribution in [0, 0.1) is 27.7 Å². The standard InChI is InChI=1S/C64H86N8O8S4/c1-55-19-27-61(28-20-55)81(73,74)69-37-13-11-35-65(41-47-71(83(77,78)63-31-23-57(3)24-32-63)51-45-67(43-49-69)53-59-15-7-5-8-16-59)39-40-66-36-12-14-38-70(82(75,76)62-29-21-56(2)22-30-62)50-44-68(54-60-17-9-6-10-18-60)46-52-72(48-42-66)84(79,80)64-33-25-58(4)26-34-64/h5-10,15-34H,11-14,35-54H2,1-4H3. The molecular weight excluding hydrogens is 1140 g/mol. The molecule has 6 aromatic carbocycles. The third-order valence-corrected chi connectivity index (χ3v) is 23.8. The van der Waals surface area contributed by atoms with Gasteiger partial charge in [-0.3, -0.25) is 9.80 Å². The minimum Gasteiger partial charge on any atom is -0.301 e. The molecule has 0 spiro atoms. The fraction of sp³-hybridized carbons (Fsp3) is 0.438. The molecule has 2 fully saturated rings. The Bertz CT molecular complexity index is 3230. The molecule has 8 rings (SSSR count). The monoisotopic (exact) mass is 1220 g/mol. The lowest BCUT2D eigenvalue weighted by Crippen LogP contribution is -2.47. The molecule has 0 aliphatic carbocycles. The average Bonchev–Trinajstić information content (AvgIpc) is 3.30. The zero-order valence-corrected chi connectivity index (χ0v) is 52.7. The lowest BCUT2D eigenvalue weighted by molar-refractivity contribution is 0.168. The molecule has 6 aromatic rings. The first-order valence-electron chi connectivity index (χ1n) is 29.5. The van der Waals surface area contributed by atoms with Gasteiger partial charge in [0.1, 0.15) is 0 Å². The van der Waals surface area contributed by atoms with Crippen molar-refractivity contribution in [3.8, 4) is 0 Å². The second-order valence-corrected chi connectivity index (χ2v) is 30.2. The number of hydrogen-bond acceptors (Lipinski definition) is 12. The van der Waals surface area contributed by atoms with Gasteiger partial charge in [-0.1, -0.05) is 131 Å². The summed E-state index contributed by atoms with van der Waals surface area (Å²) >= 11 is 0. The largest absolute Gasteiger partial charge is 0.301 e. The van der Waals surface area contributed by atoms with Crippen LogP contribution < -0.4 is 0 Å². The summed E-state index contributed by atoms with van der Waals surface area (Å²) in [6, 6.07) is 47.6. The number of nitrogens with zero attached hydrogens (tertiary/aromatic N) is 8. The van der Waals surface area contributed by atoms with E-state index in [2.05, 4.69) is 19.6 Å². The molecule has 84 heavy (non-hydrogen) atoms. The molecular formula is C64H86N8O8S4. The highest BCUT2D eigenvalue weighted by Crippen LogP contribution is 2.24. The number of sulfonamides is 4. The Morgan fingerprint density at radius 2 is 0.488 bits per heavy atom. The smallest absolute Gasteiger partial charge is 0.243 e. The van der Waals surface area contributed by atoms with Gasteiger partial charge in [-0.15, -0.1) is 0 Å². The zero-order valence-electron chi connectivity index (χ0n) is 49.5. The number of hydrogen-bond donors (Lipinski definition) is 0. The Labute approximate surface area is 502 Å². The molecule has 454 valence electrons. The van der Waals surface area contributed by atoms with Crippen LogP contribution in [0.5, 0.6) is 0 Å². The highest BCUT2D eigenvalue weighted by Gasteiger charge is 2.31. The minimum atomic E-state index is -3.99. The van der Waals surface area contributed by atoms with Crippen LogP contribution in [0.3, 0.4) is 0 Å². The van der Waals surface area contributed by atoms with Gasteiger partial charge < -0.3 is 9.80 Å². The van der Waals surface area contributed by atoms with E-state index >= 15 is 0 Å². The summed E-state index contributed by atoms with van der Waals surface area (Å²) in [5.41, 5.74) is 5.86. The molecule has 20 heteroatoms. The summed E-state index contributed by atoms with van der Waals surface area (Å²) in [5, 5.41) is 0. The van der Waals surface area contributed by atoms with Crippen LogP contribution in [0.2, 0.25) is 0 Å². The van der Waals surface area contributed by atoms with Crippen LogP contribution in [0.15, 0.2) is 177 Å². The van der Waals surface area contributed by atoms with E-state index < -0.39 is 40.1 Å². The van der Waals surface area contributed by atoms with Crippen molar-refractivity contribution < 1.29 is 33.7 Å². The molecule has 2 saturated heterocycles. The van der Waals surface area contributed by atoms with E-state index in [-0.39, 0.29) is 58.9 Å². The van der Waals surface area contributed by atoms with Crippen molar-refractivity contribution in [1.82, 2.24) is 36.8 Å². The van der Waals surface area contributed by atoms with Crippen LogP contribution in [-0.4, -0.2) is 188 Å². The molecule has 0 N–H and O–H groups in total. The number of benzene rings is 6. The third kappa shape index (κ3) is 18.2. The topological polar surface area (TPSA) is 162 Å². The van der Waals surface area contributed by atoms with Gasteiger partial charge in [0.2, 0.25) is 40.1 Å². The van der Waals surface area contributed by atoms with Crippen LogP contribution in [0.4, 0.5) is 0 Å². The molecule has 0 bridgehead atoms. The second-order valence-electron chi connectivity index (χ2n) is 22.5. The van der Waals surface area contributed by atoms with Crippen molar-refractivity contribution in [3.05, 3.63) is 191 Å². The van der Waals surface area contributed by atoms with E-state index in [4.69, 9.17) is 0 Å². The molecule has 0 aromatic heterocycles. The van der Waals surface area contributed by atoms with E-state index in [1.165, 1.54) is 0 Å². The first kappa shape index (κ1) is 64.8. The lowest BCUT2D eigenvalue weighted by atomic mass is 10.2. The predicted molar refractivity (Wildman–Crippen MR) is 335 cm³/mol. The summed E-state index contributed by atoms with van der Waals surface area (Å²) < 4.78 is 124. The van der Waals surface area contributed by atoms with Crippen molar-refractivity contribution in [2.24, 2.45) is 0 Å². The molecule has 16 nitrogen and oxygen atoms in total. The predicted octanol–water partition coefficient (Wildman–Crippen LogP) is 8.18. The van der Waals surface area contributed by atoms with Gasteiger partial charge in [0, 0.05) is 118 Å². The fourth-order valence-corrected chi connectivity index (χ4v) is 16.6. The molecule has 2 aliphatic rings. The second kappa shape index (κ2) is 30.4. The summed E-state index contributed by atoms with van der Waals surface area (Å²) in [4.78, 5) is 9.68. The van der Waals surface area contributed by atoms with Crippen molar-refractivity contribution >= 4 is 40.1 Å². The van der Waals surface area contributed by atoms with Crippen molar-refractivity contribution in [2.45, 2.75) is 86.0 Å².